The van der Waals surface area contributed by atoms with Crippen LogP contribution in [0.5, 0.6) is 0 Å². The Balaban J connectivity index is 2.85. The highest BCUT2D eigenvalue weighted by molar-refractivity contribution is 5.81. The maximum atomic E-state index is 10.6. The summed E-state index contributed by atoms with van der Waals surface area (Å²) >= 11 is 0. The monoisotopic (exact) mass is 314 g/mol. The summed E-state index contributed by atoms with van der Waals surface area (Å²) in [7, 11) is 0. The summed E-state index contributed by atoms with van der Waals surface area (Å²) in [5.41, 5.74) is 5.04. The molecule has 0 aromatic rings. The van der Waals surface area contributed by atoms with Crippen molar-refractivity contribution in [3.8, 4) is 0 Å². The van der Waals surface area contributed by atoms with Gasteiger partial charge in [0.1, 0.15) is 0 Å². The summed E-state index contributed by atoms with van der Waals surface area (Å²) < 4.78 is 0. The molecule has 1 N–H and O–H groups in total. The molecular weight excluding hydrogens is 284 g/mol. The molecule has 1 atom stereocenters. The van der Waals surface area contributed by atoms with Crippen molar-refractivity contribution in [1.29, 1.82) is 0 Å². The minimum absolute atomic E-state index is 0.218. The van der Waals surface area contributed by atoms with E-state index in [0.29, 0.717) is 5.92 Å². The molecule has 0 radical (unpaired) electrons. The lowest BCUT2D eigenvalue weighted by Crippen LogP contribution is -2.28. The normalized spacial score (nSPS) is 23.1. The zero-order valence-electron chi connectivity index (χ0n) is 15.3. The summed E-state index contributed by atoms with van der Waals surface area (Å²) in [6, 6.07) is 0. The van der Waals surface area contributed by atoms with E-state index in [1.807, 2.05) is 18.2 Å². The molecule has 1 rings (SSSR count). The number of aliphatic carboxylic acids is 1. The van der Waals surface area contributed by atoms with Crippen LogP contribution in [0.15, 0.2) is 58.7 Å². The smallest absolute Gasteiger partial charge is 0.328 e. The second-order valence-corrected chi connectivity index (χ2v) is 7.19. The number of carboxylic acids is 1. The van der Waals surface area contributed by atoms with Gasteiger partial charge in [-0.3, -0.25) is 0 Å². The Morgan fingerprint density at radius 3 is 2.48 bits per heavy atom. The number of hydrogen-bond donors (Lipinski definition) is 1. The first kappa shape index (κ1) is 19.2. The van der Waals surface area contributed by atoms with Crippen LogP contribution in [0.4, 0.5) is 0 Å². The molecule has 1 aliphatic rings. The van der Waals surface area contributed by atoms with Crippen molar-refractivity contribution in [2.24, 2.45) is 11.3 Å². The summed E-state index contributed by atoms with van der Waals surface area (Å²) in [5.74, 6) is -0.220. The van der Waals surface area contributed by atoms with Gasteiger partial charge < -0.3 is 5.11 Å². The molecule has 126 valence electrons. The number of hydrogen-bond acceptors (Lipinski definition) is 1. The van der Waals surface area contributed by atoms with E-state index in [-0.39, 0.29) is 5.41 Å². The van der Waals surface area contributed by atoms with Crippen LogP contribution in [0.3, 0.4) is 0 Å². The molecule has 0 saturated carbocycles. The average Bonchev–Trinajstić information content (AvgIpc) is 2.42. The minimum Gasteiger partial charge on any atom is -0.478 e. The van der Waals surface area contributed by atoms with Gasteiger partial charge in [-0.2, -0.15) is 0 Å². The van der Waals surface area contributed by atoms with Crippen molar-refractivity contribution in [3.63, 3.8) is 0 Å². The van der Waals surface area contributed by atoms with Gasteiger partial charge in [-0.1, -0.05) is 62.3 Å². The lowest BCUT2D eigenvalue weighted by Gasteiger charge is -2.39. The van der Waals surface area contributed by atoms with Gasteiger partial charge in [0.05, 0.1) is 0 Å². The maximum absolute atomic E-state index is 10.6. The molecule has 23 heavy (non-hydrogen) atoms. The van der Waals surface area contributed by atoms with E-state index in [9.17, 15) is 4.79 Å². The highest BCUT2D eigenvalue weighted by atomic mass is 16.4. The van der Waals surface area contributed by atoms with Crippen molar-refractivity contribution < 1.29 is 9.90 Å². The third kappa shape index (κ3) is 5.70. The topological polar surface area (TPSA) is 37.3 Å². The molecule has 0 saturated heterocycles. The number of allylic oxidation sites excluding steroid dienone is 9. The summed E-state index contributed by atoms with van der Waals surface area (Å²) in [4.78, 5) is 10.6. The molecule has 2 nitrogen and oxygen atoms in total. The fraction of sp³-hybridized carbons (Fsp3) is 0.476. The Bertz CT molecular complexity index is 595. The van der Waals surface area contributed by atoms with E-state index in [4.69, 9.17) is 5.11 Å². The molecule has 2 heteroatoms. The predicted octanol–water partition coefficient (Wildman–Crippen LogP) is 5.85. The molecule has 0 bridgehead atoms. The minimum atomic E-state index is -0.913. The fourth-order valence-electron chi connectivity index (χ4n) is 2.97. The van der Waals surface area contributed by atoms with Gasteiger partial charge in [-0.05, 0) is 56.1 Å². The van der Waals surface area contributed by atoms with Crippen LogP contribution in [-0.2, 0) is 4.79 Å². The summed E-state index contributed by atoms with van der Waals surface area (Å²) in [5, 5.41) is 8.67. The average molecular weight is 314 g/mol. The van der Waals surface area contributed by atoms with Gasteiger partial charge >= 0.3 is 5.97 Å². The summed E-state index contributed by atoms with van der Waals surface area (Å²) in [6.07, 6.45) is 13.8. The predicted molar refractivity (Wildman–Crippen MR) is 98.3 cm³/mol. The van der Waals surface area contributed by atoms with Crippen LogP contribution in [-0.4, -0.2) is 11.1 Å². The van der Waals surface area contributed by atoms with Crippen LogP contribution >= 0.6 is 0 Å². The van der Waals surface area contributed by atoms with Crippen molar-refractivity contribution in [3.05, 3.63) is 58.7 Å². The van der Waals surface area contributed by atoms with Gasteiger partial charge in [0.25, 0.3) is 0 Å². The van der Waals surface area contributed by atoms with E-state index in [1.165, 1.54) is 30.1 Å². The highest BCUT2D eigenvalue weighted by Crippen LogP contribution is 2.44. The Labute approximate surface area is 141 Å². The van der Waals surface area contributed by atoms with Crippen LogP contribution in [0, 0.1) is 11.3 Å². The van der Waals surface area contributed by atoms with Crippen molar-refractivity contribution in [2.75, 3.05) is 0 Å². The van der Waals surface area contributed by atoms with E-state index >= 15 is 0 Å². The van der Waals surface area contributed by atoms with E-state index in [1.54, 1.807) is 6.92 Å². The quantitative estimate of drug-likeness (QED) is 0.510. The maximum Gasteiger partial charge on any atom is 0.328 e. The van der Waals surface area contributed by atoms with E-state index < -0.39 is 5.97 Å². The van der Waals surface area contributed by atoms with Crippen LogP contribution in [0.2, 0.25) is 0 Å². The van der Waals surface area contributed by atoms with Gasteiger partial charge in [0, 0.05) is 6.08 Å². The molecule has 0 aromatic carbocycles. The van der Waals surface area contributed by atoms with Crippen LogP contribution in [0.1, 0.15) is 54.4 Å². The Morgan fingerprint density at radius 2 is 1.87 bits per heavy atom. The fourth-order valence-corrected chi connectivity index (χ4v) is 2.97. The molecular formula is C21H30O2. The Kier molecular flexibility index (Phi) is 6.80. The largest absolute Gasteiger partial charge is 0.478 e. The number of rotatable bonds is 5. The lowest BCUT2D eigenvalue weighted by atomic mass is 9.66. The SMILES string of the molecule is CC1=C(/C=C/C(C)=C/C=C/C(C)=C/C(=O)O)C(C)(C)C(C)CC1. The first-order valence-electron chi connectivity index (χ1n) is 8.29. The number of carboxylic acid groups (broad SMARTS) is 1. The molecule has 1 unspecified atom stereocenters. The second-order valence-electron chi connectivity index (χ2n) is 7.19. The standard InChI is InChI=1S/C21H30O2/c1-15(8-7-9-16(2)14-20(22)23)10-13-19-17(3)11-12-18(4)21(19,5)6/h7-10,13-14,18H,11-12H2,1-6H3,(H,22,23)/b9-7+,13-10+,15-8+,16-14+. The zero-order chi connectivity index (χ0) is 17.6. The zero-order valence-corrected chi connectivity index (χ0v) is 15.3. The molecule has 0 aliphatic heterocycles. The molecule has 1 aliphatic carbocycles. The lowest BCUT2D eigenvalue weighted by molar-refractivity contribution is -0.131. The third-order valence-electron chi connectivity index (χ3n) is 4.92. The van der Waals surface area contributed by atoms with E-state index in [0.717, 1.165) is 11.1 Å². The molecule has 0 heterocycles. The summed E-state index contributed by atoms with van der Waals surface area (Å²) in [6.45, 7) is 13.1. The van der Waals surface area contributed by atoms with E-state index in [2.05, 4.69) is 46.8 Å². The molecule has 0 fully saturated rings. The Morgan fingerprint density at radius 1 is 1.22 bits per heavy atom. The van der Waals surface area contributed by atoms with Gasteiger partial charge in [0.15, 0.2) is 0 Å². The van der Waals surface area contributed by atoms with Crippen molar-refractivity contribution in [2.45, 2.75) is 54.4 Å². The van der Waals surface area contributed by atoms with Gasteiger partial charge in [-0.15, -0.1) is 0 Å². The van der Waals surface area contributed by atoms with Crippen LogP contribution < -0.4 is 0 Å². The second kappa shape index (κ2) is 8.14. The molecule has 0 aromatic heterocycles. The highest BCUT2D eigenvalue weighted by Gasteiger charge is 2.32. The Hall–Kier alpha value is -1.83. The first-order chi connectivity index (χ1) is 10.6. The third-order valence-corrected chi connectivity index (χ3v) is 4.92. The first-order valence-corrected chi connectivity index (χ1v) is 8.29. The van der Waals surface area contributed by atoms with Gasteiger partial charge in [-0.25, -0.2) is 4.79 Å². The van der Waals surface area contributed by atoms with Crippen molar-refractivity contribution in [1.82, 2.24) is 0 Å². The number of carbonyl (C=O) groups is 1. The van der Waals surface area contributed by atoms with Crippen molar-refractivity contribution >= 4 is 5.97 Å². The molecule has 0 amide bonds. The molecule has 0 spiro atoms. The van der Waals surface area contributed by atoms with Gasteiger partial charge in [0.2, 0.25) is 0 Å². The van der Waals surface area contributed by atoms with Crippen LogP contribution in [0.25, 0.3) is 0 Å².